The minimum Gasteiger partial charge on any atom is -0.203 e. The van der Waals surface area contributed by atoms with Crippen molar-refractivity contribution in [2.24, 2.45) is 0 Å². The fraction of sp³-hybridized carbons (Fsp3) is 0. The fourth-order valence-corrected chi connectivity index (χ4v) is 1.97. The molecular weight excluding hydrogens is 200 g/mol. The standard InChI is InChI=1S/C6H3ClN2S2/c7-6-8-5(9-11-6)4-1-2-10-3-4/h1-3H. The summed E-state index contributed by atoms with van der Waals surface area (Å²) in [6, 6.07) is 1.98. The normalized spacial score (nSPS) is 10.3. The zero-order valence-electron chi connectivity index (χ0n) is 5.32. The number of aromatic nitrogens is 2. The third kappa shape index (κ3) is 1.42. The molecule has 2 aromatic heterocycles. The van der Waals surface area contributed by atoms with E-state index in [1.165, 1.54) is 11.5 Å². The molecule has 2 heterocycles. The van der Waals surface area contributed by atoms with E-state index in [2.05, 4.69) is 9.36 Å². The van der Waals surface area contributed by atoms with Gasteiger partial charge in [-0.1, -0.05) is 0 Å². The molecule has 2 rings (SSSR count). The number of hydrogen-bond acceptors (Lipinski definition) is 4. The summed E-state index contributed by atoms with van der Waals surface area (Å²) in [7, 11) is 0. The Balaban J connectivity index is 2.45. The van der Waals surface area contributed by atoms with Gasteiger partial charge in [0.15, 0.2) is 5.82 Å². The van der Waals surface area contributed by atoms with E-state index in [9.17, 15) is 0 Å². The summed E-state index contributed by atoms with van der Waals surface area (Å²) < 4.78 is 4.56. The average Bonchev–Trinajstić information content (AvgIpc) is 2.55. The van der Waals surface area contributed by atoms with E-state index >= 15 is 0 Å². The number of nitrogens with zero attached hydrogens (tertiary/aromatic N) is 2. The van der Waals surface area contributed by atoms with Gasteiger partial charge >= 0.3 is 0 Å². The molecule has 0 fully saturated rings. The van der Waals surface area contributed by atoms with Crippen molar-refractivity contribution in [3.05, 3.63) is 21.3 Å². The zero-order valence-corrected chi connectivity index (χ0v) is 7.71. The van der Waals surface area contributed by atoms with Gasteiger partial charge in [-0.15, -0.1) is 0 Å². The largest absolute Gasteiger partial charge is 0.203 e. The van der Waals surface area contributed by atoms with Crippen molar-refractivity contribution >= 4 is 34.5 Å². The highest BCUT2D eigenvalue weighted by Gasteiger charge is 2.03. The molecule has 0 aromatic carbocycles. The topological polar surface area (TPSA) is 25.8 Å². The van der Waals surface area contributed by atoms with E-state index in [0.29, 0.717) is 4.47 Å². The molecule has 0 amide bonds. The van der Waals surface area contributed by atoms with Gasteiger partial charge in [0.2, 0.25) is 4.47 Å². The van der Waals surface area contributed by atoms with Crippen molar-refractivity contribution in [2.75, 3.05) is 0 Å². The smallest absolute Gasteiger partial charge is 0.203 e. The van der Waals surface area contributed by atoms with E-state index in [-0.39, 0.29) is 0 Å². The fourth-order valence-electron chi connectivity index (χ4n) is 0.714. The number of hydrogen-bond donors (Lipinski definition) is 0. The summed E-state index contributed by atoms with van der Waals surface area (Å²) in [4.78, 5) is 4.03. The second kappa shape index (κ2) is 2.89. The van der Waals surface area contributed by atoms with Crippen molar-refractivity contribution in [1.29, 1.82) is 0 Å². The Hall–Kier alpha value is -0.450. The van der Waals surface area contributed by atoms with Crippen molar-refractivity contribution in [3.63, 3.8) is 0 Å². The molecule has 56 valence electrons. The summed E-state index contributed by atoms with van der Waals surface area (Å²) in [6.07, 6.45) is 0. The van der Waals surface area contributed by atoms with Gasteiger partial charge in [-0.25, -0.2) is 4.98 Å². The summed E-state index contributed by atoms with van der Waals surface area (Å²) in [6.45, 7) is 0. The van der Waals surface area contributed by atoms with Crippen LogP contribution in [0.3, 0.4) is 0 Å². The lowest BCUT2D eigenvalue weighted by molar-refractivity contribution is 1.33. The lowest BCUT2D eigenvalue weighted by atomic mass is 10.3. The molecule has 0 aliphatic rings. The predicted molar refractivity (Wildman–Crippen MR) is 48.2 cm³/mol. The van der Waals surface area contributed by atoms with Gasteiger partial charge in [0, 0.05) is 10.9 Å². The molecule has 2 nitrogen and oxygen atoms in total. The van der Waals surface area contributed by atoms with Crippen LogP contribution in [0.5, 0.6) is 0 Å². The molecule has 0 N–H and O–H groups in total. The maximum atomic E-state index is 5.63. The minimum atomic E-state index is 0.492. The molecule has 11 heavy (non-hydrogen) atoms. The van der Waals surface area contributed by atoms with Gasteiger partial charge in [-0.2, -0.15) is 15.7 Å². The molecule has 0 atom stereocenters. The van der Waals surface area contributed by atoms with Gasteiger partial charge in [0.1, 0.15) is 0 Å². The molecule has 0 saturated heterocycles. The summed E-state index contributed by atoms with van der Waals surface area (Å²) in [5, 5.41) is 3.99. The zero-order chi connectivity index (χ0) is 7.68. The van der Waals surface area contributed by atoms with Crippen LogP contribution in [0.4, 0.5) is 0 Å². The maximum absolute atomic E-state index is 5.63. The number of thiophene rings is 1. The first kappa shape index (κ1) is 7.21. The Bertz CT molecular complexity index is 341. The van der Waals surface area contributed by atoms with E-state index in [1.807, 2.05) is 16.8 Å². The average molecular weight is 203 g/mol. The Morgan fingerprint density at radius 1 is 1.45 bits per heavy atom. The van der Waals surface area contributed by atoms with E-state index in [1.54, 1.807) is 11.3 Å². The molecule has 0 aliphatic carbocycles. The van der Waals surface area contributed by atoms with E-state index < -0.39 is 0 Å². The molecule has 5 heteroatoms. The molecule has 0 radical (unpaired) electrons. The van der Waals surface area contributed by atoms with Crippen LogP contribution >= 0.6 is 34.5 Å². The van der Waals surface area contributed by atoms with Crippen LogP contribution in [0.15, 0.2) is 16.8 Å². The highest BCUT2D eigenvalue weighted by Crippen LogP contribution is 2.22. The van der Waals surface area contributed by atoms with Gasteiger partial charge in [0.05, 0.1) is 0 Å². The molecule has 0 spiro atoms. The highest BCUT2D eigenvalue weighted by molar-refractivity contribution is 7.10. The van der Waals surface area contributed by atoms with Crippen molar-refractivity contribution in [2.45, 2.75) is 0 Å². The first-order valence-corrected chi connectivity index (χ1v) is 4.97. The third-order valence-electron chi connectivity index (χ3n) is 1.18. The molecule has 0 unspecified atom stereocenters. The van der Waals surface area contributed by atoms with Crippen LogP contribution in [0, 0.1) is 0 Å². The van der Waals surface area contributed by atoms with Crippen molar-refractivity contribution in [1.82, 2.24) is 9.36 Å². The first-order chi connectivity index (χ1) is 5.36. The van der Waals surface area contributed by atoms with Gasteiger partial charge in [0.25, 0.3) is 0 Å². The van der Waals surface area contributed by atoms with Crippen LogP contribution in [-0.4, -0.2) is 9.36 Å². The van der Waals surface area contributed by atoms with E-state index in [0.717, 1.165) is 11.4 Å². The molecule has 2 aromatic rings. The van der Waals surface area contributed by atoms with Crippen LogP contribution in [0.25, 0.3) is 11.4 Å². The molecular formula is C6H3ClN2S2. The third-order valence-corrected chi connectivity index (χ3v) is 2.66. The lowest BCUT2D eigenvalue weighted by Gasteiger charge is -1.82. The van der Waals surface area contributed by atoms with Crippen LogP contribution < -0.4 is 0 Å². The lowest BCUT2D eigenvalue weighted by Crippen LogP contribution is -1.73. The second-order valence-corrected chi connectivity index (χ2v) is 4.00. The highest BCUT2D eigenvalue weighted by atomic mass is 35.5. The summed E-state index contributed by atoms with van der Waals surface area (Å²) >= 11 is 8.46. The minimum absolute atomic E-state index is 0.492. The monoisotopic (exact) mass is 202 g/mol. The SMILES string of the molecule is Clc1nc(-c2ccsc2)ns1. The molecule has 0 saturated carbocycles. The maximum Gasteiger partial charge on any atom is 0.203 e. The Morgan fingerprint density at radius 3 is 2.91 bits per heavy atom. The second-order valence-electron chi connectivity index (χ2n) is 1.88. The first-order valence-electron chi connectivity index (χ1n) is 2.88. The Morgan fingerprint density at radius 2 is 2.36 bits per heavy atom. The Labute approximate surface area is 76.7 Å². The van der Waals surface area contributed by atoms with Gasteiger partial charge < -0.3 is 0 Å². The Kier molecular flexibility index (Phi) is 1.89. The molecule has 0 bridgehead atoms. The summed E-state index contributed by atoms with van der Waals surface area (Å²) in [5.74, 6) is 0.723. The quantitative estimate of drug-likeness (QED) is 0.711. The van der Waals surface area contributed by atoms with Crippen LogP contribution in [0.1, 0.15) is 0 Å². The number of halogens is 1. The molecule has 0 aliphatic heterocycles. The van der Waals surface area contributed by atoms with Gasteiger partial charge in [-0.3, -0.25) is 0 Å². The van der Waals surface area contributed by atoms with Crippen molar-refractivity contribution < 1.29 is 0 Å². The predicted octanol–water partition coefficient (Wildman–Crippen LogP) is 2.92. The van der Waals surface area contributed by atoms with Gasteiger partial charge in [-0.05, 0) is 34.6 Å². The number of rotatable bonds is 1. The van der Waals surface area contributed by atoms with Crippen LogP contribution in [-0.2, 0) is 0 Å². The van der Waals surface area contributed by atoms with E-state index in [4.69, 9.17) is 11.6 Å². The summed E-state index contributed by atoms with van der Waals surface area (Å²) in [5.41, 5.74) is 1.04. The van der Waals surface area contributed by atoms with Crippen molar-refractivity contribution in [3.8, 4) is 11.4 Å². The van der Waals surface area contributed by atoms with Crippen LogP contribution in [0.2, 0.25) is 4.47 Å².